The first kappa shape index (κ1) is 16.8. The van der Waals surface area contributed by atoms with Gasteiger partial charge in [-0.25, -0.2) is 4.98 Å². The van der Waals surface area contributed by atoms with Crippen LogP contribution < -0.4 is 10.3 Å². The first-order valence-corrected chi connectivity index (χ1v) is 9.01. The molecule has 1 atom stereocenters. The minimum absolute atomic E-state index is 0.0195. The van der Waals surface area contributed by atoms with Crippen LogP contribution >= 0.6 is 0 Å². The smallest absolute Gasteiger partial charge is 0.258 e. The molecule has 1 aromatic carbocycles. The van der Waals surface area contributed by atoms with Gasteiger partial charge in [0.2, 0.25) is 0 Å². The second-order valence-electron chi connectivity index (χ2n) is 6.87. The van der Waals surface area contributed by atoms with Crippen molar-refractivity contribution < 1.29 is 4.74 Å². The lowest BCUT2D eigenvalue weighted by molar-refractivity contribution is 0.245. The molecule has 0 unspecified atom stereocenters. The van der Waals surface area contributed by atoms with E-state index in [0.717, 1.165) is 42.0 Å². The summed E-state index contributed by atoms with van der Waals surface area (Å²) in [5.74, 6) is 0.873. The lowest BCUT2D eigenvalue weighted by Gasteiger charge is -2.24. The number of nitrogens with zero attached hydrogens (tertiary/aromatic N) is 3. The maximum absolute atomic E-state index is 12.4. The molecule has 5 nitrogen and oxygen atoms in total. The molecular formula is C21H23N3O2. The molecule has 0 bridgehead atoms. The molecule has 0 radical (unpaired) electrons. The quantitative estimate of drug-likeness (QED) is 0.725. The standard InChI is InChI=1S/C21H23N3O2/c1-15-5-3-12-24-20(25)13-17(22-21(15)24)14-23-11-4-6-19(23)16-7-9-18(26-2)10-8-16/h3,5,7-10,12-13,19H,4,6,11,14H2,1-2H3/t19-/m1/s1. The number of fused-ring (bicyclic) bond motifs is 1. The number of rotatable bonds is 4. The molecule has 0 aliphatic carbocycles. The Labute approximate surface area is 152 Å². The van der Waals surface area contributed by atoms with Gasteiger partial charge in [-0.3, -0.25) is 14.1 Å². The van der Waals surface area contributed by atoms with Gasteiger partial charge in [-0.15, -0.1) is 0 Å². The minimum atomic E-state index is -0.0195. The van der Waals surface area contributed by atoms with Gasteiger partial charge >= 0.3 is 0 Å². The number of benzene rings is 1. The van der Waals surface area contributed by atoms with E-state index in [9.17, 15) is 4.79 Å². The molecule has 26 heavy (non-hydrogen) atoms. The molecule has 1 aliphatic heterocycles. The largest absolute Gasteiger partial charge is 0.497 e. The molecule has 1 saturated heterocycles. The van der Waals surface area contributed by atoms with E-state index in [1.807, 2.05) is 31.2 Å². The van der Waals surface area contributed by atoms with E-state index in [2.05, 4.69) is 17.0 Å². The first-order valence-electron chi connectivity index (χ1n) is 9.01. The summed E-state index contributed by atoms with van der Waals surface area (Å²) in [6.07, 6.45) is 4.05. The molecule has 5 heteroatoms. The average molecular weight is 349 g/mol. The number of aryl methyl sites for hydroxylation is 1. The third kappa shape index (κ3) is 3.10. The van der Waals surface area contributed by atoms with Crippen molar-refractivity contribution in [2.75, 3.05) is 13.7 Å². The number of pyridine rings is 1. The van der Waals surface area contributed by atoms with Crippen molar-refractivity contribution in [1.29, 1.82) is 0 Å². The van der Waals surface area contributed by atoms with Crippen molar-refractivity contribution in [2.45, 2.75) is 32.4 Å². The number of hydrogen-bond donors (Lipinski definition) is 0. The zero-order chi connectivity index (χ0) is 18.1. The van der Waals surface area contributed by atoms with E-state index in [1.165, 1.54) is 5.56 Å². The van der Waals surface area contributed by atoms with Gasteiger partial charge in [0.15, 0.2) is 0 Å². The number of hydrogen-bond acceptors (Lipinski definition) is 4. The van der Waals surface area contributed by atoms with E-state index in [4.69, 9.17) is 9.72 Å². The summed E-state index contributed by atoms with van der Waals surface area (Å²) >= 11 is 0. The van der Waals surface area contributed by atoms with Gasteiger partial charge in [-0.1, -0.05) is 18.2 Å². The van der Waals surface area contributed by atoms with Crippen LogP contribution in [0.4, 0.5) is 0 Å². The van der Waals surface area contributed by atoms with Crippen LogP contribution in [0.1, 0.15) is 35.7 Å². The van der Waals surface area contributed by atoms with Crippen LogP contribution in [0.25, 0.3) is 5.65 Å². The molecule has 2 aromatic heterocycles. The van der Waals surface area contributed by atoms with E-state index < -0.39 is 0 Å². The van der Waals surface area contributed by atoms with Gasteiger partial charge in [0.25, 0.3) is 5.56 Å². The third-order valence-electron chi connectivity index (χ3n) is 5.17. The Hall–Kier alpha value is -2.66. The van der Waals surface area contributed by atoms with Gasteiger partial charge in [0.05, 0.1) is 12.8 Å². The normalized spacial score (nSPS) is 17.7. The monoisotopic (exact) mass is 349 g/mol. The summed E-state index contributed by atoms with van der Waals surface area (Å²) in [6.45, 7) is 3.70. The van der Waals surface area contributed by atoms with Crippen molar-refractivity contribution in [2.24, 2.45) is 0 Å². The predicted molar refractivity (Wildman–Crippen MR) is 102 cm³/mol. The Morgan fingerprint density at radius 2 is 2.04 bits per heavy atom. The Bertz CT molecular complexity index is 979. The average Bonchev–Trinajstić information content (AvgIpc) is 3.11. The lowest BCUT2D eigenvalue weighted by Crippen LogP contribution is -2.25. The highest BCUT2D eigenvalue weighted by Crippen LogP contribution is 2.33. The van der Waals surface area contributed by atoms with Crippen molar-refractivity contribution in [3.8, 4) is 5.75 Å². The molecule has 134 valence electrons. The van der Waals surface area contributed by atoms with Gasteiger partial charge in [-0.2, -0.15) is 0 Å². The van der Waals surface area contributed by atoms with Crippen LogP contribution in [0.2, 0.25) is 0 Å². The summed E-state index contributed by atoms with van der Waals surface area (Å²) in [6, 6.07) is 14.2. The van der Waals surface area contributed by atoms with Gasteiger partial charge in [0.1, 0.15) is 11.4 Å². The highest BCUT2D eigenvalue weighted by molar-refractivity contribution is 5.46. The Morgan fingerprint density at radius 1 is 1.23 bits per heavy atom. The summed E-state index contributed by atoms with van der Waals surface area (Å²) in [5.41, 5.74) is 3.87. The van der Waals surface area contributed by atoms with Crippen LogP contribution in [-0.4, -0.2) is 27.9 Å². The highest BCUT2D eigenvalue weighted by atomic mass is 16.5. The van der Waals surface area contributed by atoms with Gasteiger partial charge < -0.3 is 4.74 Å². The number of aromatic nitrogens is 2. The van der Waals surface area contributed by atoms with Crippen molar-refractivity contribution in [3.63, 3.8) is 0 Å². The van der Waals surface area contributed by atoms with E-state index >= 15 is 0 Å². The lowest BCUT2D eigenvalue weighted by atomic mass is 10.0. The fourth-order valence-electron chi connectivity index (χ4n) is 3.82. The van der Waals surface area contributed by atoms with Gasteiger partial charge in [-0.05, 0) is 55.6 Å². The van der Waals surface area contributed by atoms with Crippen molar-refractivity contribution in [1.82, 2.24) is 14.3 Å². The fraction of sp³-hybridized carbons (Fsp3) is 0.333. The van der Waals surface area contributed by atoms with E-state index in [-0.39, 0.29) is 5.56 Å². The molecular weight excluding hydrogens is 326 g/mol. The highest BCUT2D eigenvalue weighted by Gasteiger charge is 2.26. The zero-order valence-electron chi connectivity index (χ0n) is 15.2. The summed E-state index contributed by atoms with van der Waals surface area (Å²) in [5, 5.41) is 0. The Morgan fingerprint density at radius 3 is 2.81 bits per heavy atom. The maximum Gasteiger partial charge on any atom is 0.258 e. The molecule has 1 aliphatic rings. The molecule has 0 amide bonds. The molecule has 0 saturated carbocycles. The van der Waals surface area contributed by atoms with Crippen LogP contribution in [-0.2, 0) is 6.54 Å². The number of ether oxygens (including phenoxy) is 1. The predicted octanol–water partition coefficient (Wildman–Crippen LogP) is 3.35. The van der Waals surface area contributed by atoms with E-state index in [1.54, 1.807) is 23.8 Å². The van der Waals surface area contributed by atoms with Gasteiger partial charge in [0, 0.05) is 24.8 Å². The van der Waals surface area contributed by atoms with E-state index in [0.29, 0.717) is 12.6 Å². The summed E-state index contributed by atoms with van der Waals surface area (Å²) in [7, 11) is 1.68. The van der Waals surface area contributed by atoms with Crippen molar-refractivity contribution >= 4 is 5.65 Å². The second kappa shape index (κ2) is 6.92. The van der Waals surface area contributed by atoms with Crippen molar-refractivity contribution in [3.05, 3.63) is 75.8 Å². The molecule has 4 rings (SSSR count). The molecule has 3 aromatic rings. The Kier molecular flexibility index (Phi) is 4.47. The summed E-state index contributed by atoms with van der Waals surface area (Å²) in [4.78, 5) is 19.6. The molecule has 0 spiro atoms. The first-order chi connectivity index (χ1) is 12.7. The van der Waals surface area contributed by atoms with Crippen LogP contribution in [0, 0.1) is 6.92 Å². The molecule has 0 N–H and O–H groups in total. The zero-order valence-corrected chi connectivity index (χ0v) is 15.2. The van der Waals surface area contributed by atoms with Crippen LogP contribution in [0.15, 0.2) is 53.5 Å². The topological polar surface area (TPSA) is 46.8 Å². The fourth-order valence-corrected chi connectivity index (χ4v) is 3.82. The molecule has 1 fully saturated rings. The number of methoxy groups -OCH3 is 1. The third-order valence-corrected chi connectivity index (χ3v) is 5.17. The van der Waals surface area contributed by atoms with Crippen LogP contribution in [0.3, 0.4) is 0 Å². The maximum atomic E-state index is 12.4. The molecule has 3 heterocycles. The second-order valence-corrected chi connectivity index (χ2v) is 6.87. The van der Waals surface area contributed by atoms with Crippen LogP contribution in [0.5, 0.6) is 5.75 Å². The Balaban J connectivity index is 1.62. The SMILES string of the molecule is COc1ccc([C@H]2CCCN2Cc2cc(=O)n3cccc(C)c3n2)cc1. The summed E-state index contributed by atoms with van der Waals surface area (Å²) < 4.78 is 6.87. The number of likely N-dealkylation sites (tertiary alicyclic amines) is 1. The minimum Gasteiger partial charge on any atom is -0.497 e.